The van der Waals surface area contributed by atoms with Crippen LogP contribution < -0.4 is 24.8 Å². The van der Waals surface area contributed by atoms with Gasteiger partial charge in [-0.05, 0) is 30.3 Å². The summed E-state index contributed by atoms with van der Waals surface area (Å²) in [7, 11) is 1.67. The van der Waals surface area contributed by atoms with Gasteiger partial charge in [-0.1, -0.05) is 30.3 Å². The Balaban J connectivity index is 1.45. The van der Waals surface area contributed by atoms with Crippen LogP contribution in [0, 0.1) is 0 Å². The number of fused-ring (bicyclic) bond motifs is 2. The molecule has 7 nitrogen and oxygen atoms in total. The molecule has 0 saturated heterocycles. The zero-order chi connectivity index (χ0) is 20.3. The van der Waals surface area contributed by atoms with Crippen molar-refractivity contribution in [1.29, 1.82) is 0 Å². The van der Waals surface area contributed by atoms with Gasteiger partial charge in [0.2, 0.25) is 12.7 Å². The molecule has 0 saturated carbocycles. The lowest BCUT2D eigenvalue weighted by Crippen LogP contribution is -2.06. The van der Waals surface area contributed by atoms with Gasteiger partial charge in [-0.2, -0.15) is 4.98 Å². The third-order valence-electron chi connectivity index (χ3n) is 4.87. The summed E-state index contributed by atoms with van der Waals surface area (Å²) >= 11 is 0. The average Bonchev–Trinajstić information content (AvgIpc) is 3.25. The molecule has 150 valence electrons. The summed E-state index contributed by atoms with van der Waals surface area (Å²) in [6.07, 6.45) is 0. The number of rotatable bonds is 6. The Kier molecular flexibility index (Phi) is 4.69. The normalized spacial score (nSPS) is 12.0. The van der Waals surface area contributed by atoms with Crippen LogP contribution in [0.25, 0.3) is 10.9 Å². The molecule has 1 aliphatic rings. The van der Waals surface area contributed by atoms with E-state index in [1.807, 2.05) is 66.7 Å². The quantitative estimate of drug-likeness (QED) is 0.485. The smallest absolute Gasteiger partial charge is 0.231 e. The second-order valence-corrected chi connectivity index (χ2v) is 6.77. The topological polar surface area (TPSA) is 77.5 Å². The van der Waals surface area contributed by atoms with E-state index in [-0.39, 0.29) is 6.79 Å². The first kappa shape index (κ1) is 18.1. The lowest BCUT2D eigenvalue weighted by Gasteiger charge is -2.13. The number of ether oxygens (including phenoxy) is 3. The van der Waals surface area contributed by atoms with Gasteiger partial charge in [0.15, 0.2) is 11.5 Å². The zero-order valence-corrected chi connectivity index (χ0v) is 16.4. The van der Waals surface area contributed by atoms with Gasteiger partial charge in [-0.25, -0.2) is 4.98 Å². The van der Waals surface area contributed by atoms with Gasteiger partial charge in [-0.3, -0.25) is 0 Å². The fourth-order valence-electron chi connectivity index (χ4n) is 3.40. The van der Waals surface area contributed by atoms with Crippen LogP contribution in [0.1, 0.15) is 5.56 Å². The summed E-state index contributed by atoms with van der Waals surface area (Å²) in [5.41, 5.74) is 2.72. The van der Waals surface area contributed by atoms with Crippen molar-refractivity contribution in [2.24, 2.45) is 0 Å². The molecule has 2 N–H and O–H groups in total. The fraction of sp³-hybridized carbons (Fsp3) is 0.130. The highest BCUT2D eigenvalue weighted by Crippen LogP contribution is 2.35. The Morgan fingerprint density at radius 3 is 2.70 bits per heavy atom. The largest absolute Gasteiger partial charge is 0.496 e. The average molecular weight is 400 g/mol. The summed E-state index contributed by atoms with van der Waals surface area (Å²) in [5, 5.41) is 7.64. The highest BCUT2D eigenvalue weighted by atomic mass is 16.7. The van der Waals surface area contributed by atoms with Gasteiger partial charge in [-0.15, -0.1) is 0 Å². The van der Waals surface area contributed by atoms with Crippen molar-refractivity contribution in [3.8, 4) is 17.2 Å². The SMILES string of the molecule is COc1ccccc1CNc1nc(Nc2ccc3c(c2)OCO3)nc2ccccc12. The van der Waals surface area contributed by atoms with Crippen LogP contribution in [0.3, 0.4) is 0 Å². The van der Waals surface area contributed by atoms with Gasteiger partial charge in [0.05, 0.1) is 12.6 Å². The maximum absolute atomic E-state index is 5.45. The van der Waals surface area contributed by atoms with Crippen LogP contribution in [-0.4, -0.2) is 23.9 Å². The molecule has 0 aliphatic carbocycles. The number of hydrogen-bond acceptors (Lipinski definition) is 7. The molecule has 0 fully saturated rings. The molecule has 1 aliphatic heterocycles. The van der Waals surface area contributed by atoms with E-state index in [2.05, 4.69) is 15.6 Å². The van der Waals surface area contributed by atoms with Crippen LogP contribution in [0.4, 0.5) is 17.5 Å². The van der Waals surface area contributed by atoms with Crippen molar-refractivity contribution in [2.75, 3.05) is 24.5 Å². The van der Waals surface area contributed by atoms with Crippen LogP contribution in [0.15, 0.2) is 66.7 Å². The minimum atomic E-state index is 0.238. The van der Waals surface area contributed by atoms with Gasteiger partial charge in [0.1, 0.15) is 11.6 Å². The molecule has 0 spiro atoms. The zero-order valence-electron chi connectivity index (χ0n) is 16.4. The second-order valence-electron chi connectivity index (χ2n) is 6.77. The molecule has 0 radical (unpaired) electrons. The predicted molar refractivity (Wildman–Crippen MR) is 116 cm³/mol. The maximum atomic E-state index is 5.45. The Morgan fingerprint density at radius 2 is 1.77 bits per heavy atom. The molecule has 0 atom stereocenters. The van der Waals surface area contributed by atoms with Gasteiger partial charge < -0.3 is 24.8 Å². The summed E-state index contributed by atoms with van der Waals surface area (Å²) in [5.74, 6) is 3.52. The maximum Gasteiger partial charge on any atom is 0.231 e. The van der Waals surface area contributed by atoms with E-state index in [4.69, 9.17) is 19.2 Å². The van der Waals surface area contributed by atoms with Crippen molar-refractivity contribution in [3.05, 3.63) is 72.3 Å². The Hall–Kier alpha value is -4.00. The Morgan fingerprint density at radius 1 is 0.933 bits per heavy atom. The molecule has 30 heavy (non-hydrogen) atoms. The third-order valence-corrected chi connectivity index (χ3v) is 4.87. The molecule has 0 unspecified atom stereocenters. The number of nitrogens with zero attached hydrogens (tertiary/aromatic N) is 2. The molecule has 2 heterocycles. The van der Waals surface area contributed by atoms with Crippen LogP contribution in [0.5, 0.6) is 17.2 Å². The molecule has 5 rings (SSSR count). The fourth-order valence-corrected chi connectivity index (χ4v) is 3.40. The van der Waals surface area contributed by atoms with E-state index >= 15 is 0 Å². The molecule has 0 bridgehead atoms. The summed E-state index contributed by atoms with van der Waals surface area (Å²) < 4.78 is 16.3. The van der Waals surface area contributed by atoms with Gasteiger partial charge in [0, 0.05) is 29.2 Å². The highest BCUT2D eigenvalue weighted by Gasteiger charge is 2.14. The molecule has 0 amide bonds. The number of anilines is 3. The monoisotopic (exact) mass is 400 g/mol. The van der Waals surface area contributed by atoms with Crippen LogP contribution >= 0.6 is 0 Å². The molecule has 4 aromatic rings. The molecule has 3 aromatic carbocycles. The first-order valence-corrected chi connectivity index (χ1v) is 9.59. The number of para-hydroxylation sites is 2. The third kappa shape index (κ3) is 3.53. The molecular weight excluding hydrogens is 380 g/mol. The van der Waals surface area contributed by atoms with Crippen molar-refractivity contribution >= 4 is 28.4 Å². The first-order chi connectivity index (χ1) is 14.8. The minimum absolute atomic E-state index is 0.238. The van der Waals surface area contributed by atoms with Crippen LogP contribution in [-0.2, 0) is 6.54 Å². The van der Waals surface area contributed by atoms with E-state index in [9.17, 15) is 0 Å². The number of benzene rings is 3. The van der Waals surface area contributed by atoms with Gasteiger partial charge >= 0.3 is 0 Å². The summed E-state index contributed by atoms with van der Waals surface area (Å²) in [6.45, 7) is 0.816. The van der Waals surface area contributed by atoms with Crippen molar-refractivity contribution in [1.82, 2.24) is 9.97 Å². The van der Waals surface area contributed by atoms with Crippen molar-refractivity contribution in [3.63, 3.8) is 0 Å². The number of methoxy groups -OCH3 is 1. The predicted octanol–water partition coefficient (Wildman–Crippen LogP) is 4.72. The number of aromatic nitrogens is 2. The number of nitrogens with one attached hydrogen (secondary N) is 2. The van der Waals surface area contributed by atoms with Gasteiger partial charge in [0.25, 0.3) is 0 Å². The summed E-state index contributed by atoms with van der Waals surface area (Å²) in [6, 6.07) is 21.5. The Labute approximate surface area is 173 Å². The van der Waals surface area contributed by atoms with Crippen molar-refractivity contribution < 1.29 is 14.2 Å². The number of hydrogen-bond donors (Lipinski definition) is 2. The lowest BCUT2D eigenvalue weighted by atomic mass is 10.2. The van der Waals surface area contributed by atoms with E-state index < -0.39 is 0 Å². The van der Waals surface area contributed by atoms with E-state index in [1.165, 1.54) is 0 Å². The minimum Gasteiger partial charge on any atom is -0.496 e. The molecule has 7 heteroatoms. The van der Waals surface area contributed by atoms with E-state index in [0.29, 0.717) is 18.2 Å². The molecule has 1 aromatic heterocycles. The second kappa shape index (κ2) is 7.79. The Bertz CT molecular complexity index is 1210. The standard InChI is InChI=1S/C23H20N4O3/c1-28-19-9-5-2-6-15(19)13-24-22-17-7-3-4-8-18(17)26-23(27-22)25-16-10-11-20-21(12-16)30-14-29-20/h2-12H,13-14H2,1H3,(H2,24,25,26,27). The van der Waals surface area contributed by atoms with E-state index in [1.54, 1.807) is 7.11 Å². The van der Waals surface area contributed by atoms with Crippen LogP contribution in [0.2, 0.25) is 0 Å². The molecular formula is C23H20N4O3. The van der Waals surface area contributed by atoms with E-state index in [0.717, 1.165) is 39.5 Å². The van der Waals surface area contributed by atoms with Crippen molar-refractivity contribution in [2.45, 2.75) is 6.54 Å². The highest BCUT2D eigenvalue weighted by molar-refractivity contribution is 5.90. The summed E-state index contributed by atoms with van der Waals surface area (Å²) in [4.78, 5) is 9.37. The first-order valence-electron chi connectivity index (χ1n) is 9.59. The lowest BCUT2D eigenvalue weighted by molar-refractivity contribution is 0.174.